The Kier molecular flexibility index (Phi) is 9.11. The van der Waals surface area contributed by atoms with E-state index in [1.54, 1.807) is 11.0 Å². The normalized spacial score (nSPS) is 11.7. The zero-order chi connectivity index (χ0) is 24.5. The number of hydrogen-bond donors (Lipinski definition) is 1. The van der Waals surface area contributed by atoms with Crippen LogP contribution in [0, 0.1) is 6.92 Å². The summed E-state index contributed by atoms with van der Waals surface area (Å²) < 4.78 is 5.80. The molecule has 6 heteroatoms. The molecule has 0 fully saturated rings. The number of carbonyl (C=O) groups is 2. The first kappa shape index (κ1) is 25.3. The molecule has 0 saturated carbocycles. The van der Waals surface area contributed by atoms with E-state index in [-0.39, 0.29) is 31.0 Å². The molecular weight excluding hydrogens is 448 g/mol. The second-order valence-electron chi connectivity index (χ2n) is 8.59. The Morgan fingerprint density at radius 2 is 1.68 bits per heavy atom. The monoisotopic (exact) mass is 478 g/mol. The van der Waals surface area contributed by atoms with Crippen molar-refractivity contribution in [2.75, 3.05) is 6.61 Å². The predicted octanol–water partition coefficient (Wildman–Crippen LogP) is 5.19. The summed E-state index contributed by atoms with van der Waals surface area (Å²) in [6.07, 6.45) is 0.375. The van der Waals surface area contributed by atoms with Gasteiger partial charge in [-0.15, -0.1) is 0 Å². The van der Waals surface area contributed by atoms with E-state index in [2.05, 4.69) is 5.32 Å². The van der Waals surface area contributed by atoms with Crippen LogP contribution in [-0.4, -0.2) is 35.4 Å². The van der Waals surface area contributed by atoms with Crippen molar-refractivity contribution in [2.45, 2.75) is 45.8 Å². The Hall–Kier alpha value is -3.31. The van der Waals surface area contributed by atoms with Crippen molar-refractivity contribution in [1.82, 2.24) is 10.2 Å². The van der Waals surface area contributed by atoms with E-state index in [0.717, 1.165) is 16.7 Å². The molecule has 0 aliphatic carbocycles. The number of rotatable bonds is 10. The van der Waals surface area contributed by atoms with E-state index in [9.17, 15) is 9.59 Å². The fourth-order valence-corrected chi connectivity index (χ4v) is 3.87. The molecule has 0 bridgehead atoms. The maximum atomic E-state index is 13.5. The number of amides is 2. The summed E-state index contributed by atoms with van der Waals surface area (Å²) in [5, 5.41) is 3.52. The third kappa shape index (κ3) is 7.35. The maximum Gasteiger partial charge on any atom is 0.261 e. The molecule has 0 radical (unpaired) electrons. The summed E-state index contributed by atoms with van der Waals surface area (Å²) in [6.45, 7) is 5.77. The number of hydrogen-bond acceptors (Lipinski definition) is 3. The lowest BCUT2D eigenvalue weighted by Crippen LogP contribution is -2.52. The van der Waals surface area contributed by atoms with Gasteiger partial charge in [0, 0.05) is 24.0 Å². The fraction of sp³-hybridized carbons (Fsp3) is 0.286. The lowest BCUT2D eigenvalue weighted by Gasteiger charge is -2.32. The molecule has 178 valence electrons. The smallest absolute Gasteiger partial charge is 0.261 e. The van der Waals surface area contributed by atoms with E-state index in [1.165, 1.54) is 0 Å². The molecular formula is C28H31ClN2O3. The molecule has 3 rings (SSSR count). The minimum absolute atomic E-state index is 0.0633. The van der Waals surface area contributed by atoms with Crippen LogP contribution in [0.3, 0.4) is 0 Å². The SMILES string of the molecule is Cc1cccc(OCC(=O)N(Cc2ccccc2Cl)[C@@H](Cc2ccccc2)C(=O)NC(C)C)c1. The van der Waals surface area contributed by atoms with Crippen LogP contribution in [-0.2, 0) is 22.6 Å². The van der Waals surface area contributed by atoms with Gasteiger partial charge in [-0.2, -0.15) is 0 Å². The van der Waals surface area contributed by atoms with Crippen molar-refractivity contribution in [3.05, 3.63) is 101 Å². The fourth-order valence-electron chi connectivity index (χ4n) is 3.68. The zero-order valence-corrected chi connectivity index (χ0v) is 20.6. The first-order chi connectivity index (χ1) is 16.3. The van der Waals surface area contributed by atoms with Crippen molar-refractivity contribution in [3.63, 3.8) is 0 Å². The van der Waals surface area contributed by atoms with Crippen LogP contribution in [0.5, 0.6) is 5.75 Å². The summed E-state index contributed by atoms with van der Waals surface area (Å²) in [5.41, 5.74) is 2.77. The van der Waals surface area contributed by atoms with Crippen molar-refractivity contribution in [1.29, 1.82) is 0 Å². The Balaban J connectivity index is 1.92. The van der Waals surface area contributed by atoms with Crippen LogP contribution in [0.4, 0.5) is 0 Å². The number of carbonyl (C=O) groups excluding carboxylic acids is 2. The minimum Gasteiger partial charge on any atom is -0.484 e. The molecule has 0 unspecified atom stereocenters. The van der Waals surface area contributed by atoms with Gasteiger partial charge >= 0.3 is 0 Å². The third-order valence-corrected chi connectivity index (χ3v) is 5.72. The largest absolute Gasteiger partial charge is 0.484 e. The van der Waals surface area contributed by atoms with Gasteiger partial charge in [0.1, 0.15) is 11.8 Å². The quantitative estimate of drug-likeness (QED) is 0.436. The summed E-state index contributed by atoms with van der Waals surface area (Å²) in [6, 6.07) is 23.8. The average Bonchev–Trinajstić information content (AvgIpc) is 2.81. The first-order valence-electron chi connectivity index (χ1n) is 11.4. The van der Waals surface area contributed by atoms with Gasteiger partial charge in [0.05, 0.1) is 0 Å². The highest BCUT2D eigenvalue weighted by Crippen LogP contribution is 2.21. The van der Waals surface area contributed by atoms with E-state index in [0.29, 0.717) is 17.2 Å². The van der Waals surface area contributed by atoms with Crippen LogP contribution in [0.25, 0.3) is 0 Å². The summed E-state index contributed by atoms with van der Waals surface area (Å²) >= 11 is 6.42. The molecule has 0 saturated heterocycles. The van der Waals surface area contributed by atoms with Gasteiger partial charge in [-0.3, -0.25) is 9.59 Å². The number of ether oxygens (including phenoxy) is 1. The molecule has 2 amide bonds. The molecule has 34 heavy (non-hydrogen) atoms. The number of aryl methyl sites for hydroxylation is 1. The molecule has 3 aromatic rings. The Morgan fingerprint density at radius 1 is 0.971 bits per heavy atom. The van der Waals surface area contributed by atoms with Crippen LogP contribution < -0.4 is 10.1 Å². The number of nitrogens with one attached hydrogen (secondary N) is 1. The number of halogens is 1. The van der Waals surface area contributed by atoms with Gasteiger partial charge in [-0.1, -0.05) is 72.3 Å². The molecule has 5 nitrogen and oxygen atoms in total. The second-order valence-corrected chi connectivity index (χ2v) is 8.99. The number of benzene rings is 3. The molecule has 0 heterocycles. The molecule has 0 spiro atoms. The molecule has 1 atom stereocenters. The second kappa shape index (κ2) is 12.2. The number of nitrogens with zero attached hydrogens (tertiary/aromatic N) is 1. The highest BCUT2D eigenvalue weighted by atomic mass is 35.5. The predicted molar refractivity (Wildman–Crippen MR) is 136 cm³/mol. The molecule has 0 aliphatic heterocycles. The lowest BCUT2D eigenvalue weighted by molar-refractivity contribution is -0.143. The topological polar surface area (TPSA) is 58.6 Å². The van der Waals surface area contributed by atoms with Crippen molar-refractivity contribution < 1.29 is 14.3 Å². The van der Waals surface area contributed by atoms with Crippen molar-refractivity contribution in [3.8, 4) is 5.75 Å². The molecule has 3 aromatic carbocycles. The summed E-state index contributed by atoms with van der Waals surface area (Å²) in [7, 11) is 0. The standard InChI is InChI=1S/C28H31ClN2O3/c1-20(2)30-28(33)26(17-22-11-5-4-6-12-22)31(18-23-13-7-8-15-25(23)29)27(32)19-34-24-14-9-10-21(3)16-24/h4-16,20,26H,17-19H2,1-3H3,(H,30,33)/t26-/m0/s1. The van der Waals surface area contributed by atoms with Crippen LogP contribution in [0.15, 0.2) is 78.9 Å². The first-order valence-corrected chi connectivity index (χ1v) is 11.8. The maximum absolute atomic E-state index is 13.5. The van der Waals surface area contributed by atoms with Gasteiger partial charge in [-0.25, -0.2) is 0 Å². The van der Waals surface area contributed by atoms with E-state index in [1.807, 2.05) is 93.6 Å². The van der Waals surface area contributed by atoms with Crippen molar-refractivity contribution >= 4 is 23.4 Å². The van der Waals surface area contributed by atoms with E-state index >= 15 is 0 Å². The average molecular weight is 479 g/mol. The summed E-state index contributed by atoms with van der Waals surface area (Å²) in [5.74, 6) is 0.105. The lowest BCUT2D eigenvalue weighted by atomic mass is 10.0. The van der Waals surface area contributed by atoms with Crippen LogP contribution >= 0.6 is 11.6 Å². The van der Waals surface area contributed by atoms with Gasteiger partial charge < -0.3 is 15.0 Å². The highest BCUT2D eigenvalue weighted by molar-refractivity contribution is 6.31. The summed E-state index contributed by atoms with van der Waals surface area (Å²) in [4.78, 5) is 28.4. The Labute approximate surface area is 206 Å². The zero-order valence-electron chi connectivity index (χ0n) is 19.8. The van der Waals surface area contributed by atoms with E-state index < -0.39 is 6.04 Å². The Bertz CT molecular complexity index is 1100. The minimum atomic E-state index is -0.727. The van der Waals surface area contributed by atoms with Crippen LogP contribution in [0.1, 0.15) is 30.5 Å². The molecule has 0 aromatic heterocycles. The Morgan fingerprint density at radius 3 is 2.35 bits per heavy atom. The van der Waals surface area contributed by atoms with Crippen LogP contribution in [0.2, 0.25) is 5.02 Å². The molecule has 0 aliphatic rings. The van der Waals surface area contributed by atoms with Crippen molar-refractivity contribution in [2.24, 2.45) is 0 Å². The third-order valence-electron chi connectivity index (χ3n) is 5.35. The van der Waals surface area contributed by atoms with Gasteiger partial charge in [0.15, 0.2) is 6.61 Å². The van der Waals surface area contributed by atoms with Gasteiger partial charge in [-0.05, 0) is 55.7 Å². The van der Waals surface area contributed by atoms with E-state index in [4.69, 9.17) is 16.3 Å². The highest BCUT2D eigenvalue weighted by Gasteiger charge is 2.31. The van der Waals surface area contributed by atoms with Gasteiger partial charge in [0.2, 0.25) is 5.91 Å². The van der Waals surface area contributed by atoms with Gasteiger partial charge in [0.25, 0.3) is 5.91 Å². The molecule has 1 N–H and O–H groups in total.